The Kier molecular flexibility index (Phi) is 38.5. The van der Waals surface area contributed by atoms with Crippen LogP contribution in [-0.2, 0) is 0 Å². The maximum Gasteiger partial charge on any atom is 0.109 e. The van der Waals surface area contributed by atoms with Crippen LogP contribution in [0.2, 0.25) is 0 Å². The summed E-state index contributed by atoms with van der Waals surface area (Å²) in [5.74, 6) is -0.220. The van der Waals surface area contributed by atoms with E-state index in [9.17, 15) is 61.3 Å². The molecule has 0 radical (unpaired) electrons. The Labute approximate surface area is 472 Å². The van der Waals surface area contributed by atoms with Crippen LogP contribution < -0.4 is 37.2 Å². The smallest absolute Gasteiger partial charge is 0.109 e. The quantitative estimate of drug-likeness (QED) is 0.0913. The van der Waals surface area contributed by atoms with E-state index in [0.717, 1.165) is 0 Å². The van der Waals surface area contributed by atoms with Gasteiger partial charge in [0.15, 0.2) is 0 Å². The summed E-state index contributed by atoms with van der Waals surface area (Å²) in [6.45, 7) is -0.0992. The molecule has 7 aliphatic rings. The molecule has 0 aromatic carbocycles. The first-order valence-electron chi connectivity index (χ1n) is 26.8. The van der Waals surface area contributed by atoms with Gasteiger partial charge in [0.1, 0.15) is 24.4 Å². The normalized spacial score (nSPS) is 45.4. The van der Waals surface area contributed by atoms with Crippen LogP contribution in [0.5, 0.6) is 0 Å². The van der Waals surface area contributed by atoms with Gasteiger partial charge in [-0.25, -0.2) is 0 Å². The highest BCUT2D eigenvalue weighted by molar-refractivity contribution is 5.00. The van der Waals surface area contributed by atoms with Crippen molar-refractivity contribution in [1.82, 2.24) is 37.2 Å². The molecule has 0 amide bonds. The third kappa shape index (κ3) is 22.6. The minimum atomic E-state index is -1.34. The summed E-state index contributed by atoms with van der Waals surface area (Å²) in [6.07, 6.45) is -18.8. The molecule has 0 aromatic rings. The molecule has 7 heterocycles. The number of piperidine rings is 6. The second kappa shape index (κ2) is 40.2. The molecule has 7 rings (SSSR count). The number of rotatable bonds is 11. The fourth-order valence-electron chi connectivity index (χ4n) is 9.36. The predicted octanol–water partition coefficient (Wildman–Crippen LogP) is -20.4. The fraction of sp³-hybridized carbons (Fsp3) is 1.00. The summed E-state index contributed by atoms with van der Waals surface area (Å²) in [4.78, 5) is 0. The summed E-state index contributed by atoms with van der Waals surface area (Å²) >= 11 is 0. The van der Waals surface area contributed by atoms with E-state index in [2.05, 4.69) is 37.2 Å². The average molecular weight is 1210 g/mol. The first-order chi connectivity index (χ1) is 38.6. The van der Waals surface area contributed by atoms with E-state index in [4.69, 9.17) is 86.8 Å². The molecule has 0 aliphatic carbocycles. The van der Waals surface area contributed by atoms with Crippen LogP contribution in [-0.4, -0.2) is 417 Å². The highest BCUT2D eigenvalue weighted by Crippen LogP contribution is 2.21. The molecule has 0 saturated carbocycles. The lowest BCUT2D eigenvalue weighted by Crippen LogP contribution is -2.66. The van der Waals surface area contributed by atoms with Crippen LogP contribution in [0.25, 0.3) is 0 Å². The number of aliphatic hydroxyl groups excluding tert-OH is 29. The number of nitrogens with one attached hydrogen (secondary N) is 7. The van der Waals surface area contributed by atoms with Gasteiger partial charge >= 0.3 is 0 Å². The predicted molar refractivity (Wildman–Crippen MR) is 278 cm³/mol. The van der Waals surface area contributed by atoms with E-state index in [1.165, 1.54) is 0 Å². The molecule has 492 valence electrons. The van der Waals surface area contributed by atoms with Crippen molar-refractivity contribution in [2.45, 2.75) is 190 Å². The van der Waals surface area contributed by atoms with E-state index < -0.39 is 164 Å². The van der Waals surface area contributed by atoms with Crippen LogP contribution >= 0.6 is 0 Å². The summed E-state index contributed by atoms with van der Waals surface area (Å²) in [7, 11) is 0. The summed E-state index contributed by atoms with van der Waals surface area (Å²) < 4.78 is 0. The molecule has 0 spiro atoms. The van der Waals surface area contributed by atoms with Crippen molar-refractivity contribution >= 4 is 0 Å². The van der Waals surface area contributed by atoms with Crippen LogP contribution in [0.3, 0.4) is 0 Å². The molecule has 36 nitrogen and oxygen atoms in total. The number of hydrogen-bond acceptors (Lipinski definition) is 36. The Morgan fingerprint density at radius 2 is 0.451 bits per heavy atom. The van der Waals surface area contributed by atoms with Gasteiger partial charge in [0.25, 0.3) is 0 Å². The summed E-state index contributed by atoms with van der Waals surface area (Å²) in [5, 5.41) is 281. The zero-order valence-electron chi connectivity index (χ0n) is 45.4. The molecule has 82 heavy (non-hydrogen) atoms. The zero-order chi connectivity index (χ0) is 62.9. The lowest BCUT2D eigenvalue weighted by atomic mass is 9.84. The first kappa shape index (κ1) is 78.6. The third-order valence-corrected chi connectivity index (χ3v) is 15.2. The van der Waals surface area contributed by atoms with Crippen LogP contribution in [0.4, 0.5) is 0 Å². The number of hydrogen-bond donors (Lipinski definition) is 36. The molecular weight excluding hydrogens is 1110 g/mol. The minimum Gasteiger partial charge on any atom is -0.395 e. The maximum absolute atomic E-state index is 9.54. The van der Waals surface area contributed by atoms with Gasteiger partial charge in [-0.2, -0.15) is 0 Å². The molecule has 30 atom stereocenters. The van der Waals surface area contributed by atoms with Crippen molar-refractivity contribution in [3.8, 4) is 0 Å². The Bertz CT molecular complexity index is 1430. The van der Waals surface area contributed by atoms with Crippen molar-refractivity contribution in [3.05, 3.63) is 0 Å². The van der Waals surface area contributed by atoms with Gasteiger partial charge in [0.05, 0.1) is 219 Å². The minimum absolute atomic E-state index is 0.110. The van der Waals surface area contributed by atoms with Gasteiger partial charge in [0, 0.05) is 25.0 Å². The van der Waals surface area contributed by atoms with Crippen molar-refractivity contribution in [2.75, 3.05) is 92.3 Å². The van der Waals surface area contributed by atoms with E-state index in [1.54, 1.807) is 6.92 Å². The van der Waals surface area contributed by atoms with Gasteiger partial charge in [-0.3, -0.25) is 0 Å². The van der Waals surface area contributed by atoms with E-state index in [-0.39, 0.29) is 104 Å². The van der Waals surface area contributed by atoms with Gasteiger partial charge in [-0.1, -0.05) is 6.92 Å². The van der Waals surface area contributed by atoms with E-state index >= 15 is 0 Å². The Hall–Kier alpha value is -1.44. The summed E-state index contributed by atoms with van der Waals surface area (Å²) in [6, 6.07) is -6.15. The molecular formula is C46H99N7O29. The molecule has 7 aliphatic heterocycles. The molecule has 7 fully saturated rings. The average Bonchev–Trinajstić information content (AvgIpc) is 3.78. The van der Waals surface area contributed by atoms with Crippen molar-refractivity contribution in [1.29, 1.82) is 0 Å². The van der Waals surface area contributed by atoms with Gasteiger partial charge in [-0.15, -0.1) is 0 Å². The number of aliphatic hydroxyl groups is 29. The molecule has 0 aromatic heterocycles. The Morgan fingerprint density at radius 3 is 0.695 bits per heavy atom. The monoisotopic (exact) mass is 1210 g/mol. The van der Waals surface area contributed by atoms with E-state index in [0.29, 0.717) is 13.0 Å². The second-order valence-corrected chi connectivity index (χ2v) is 20.8. The van der Waals surface area contributed by atoms with Crippen LogP contribution in [0, 0.1) is 5.92 Å². The maximum atomic E-state index is 9.54. The second-order valence-electron chi connectivity index (χ2n) is 20.8. The Morgan fingerprint density at radius 1 is 0.232 bits per heavy atom. The van der Waals surface area contributed by atoms with Crippen molar-refractivity contribution < 1.29 is 148 Å². The zero-order valence-corrected chi connectivity index (χ0v) is 45.4. The molecule has 14 unspecified atom stereocenters. The highest BCUT2D eigenvalue weighted by atomic mass is 16.4. The molecule has 0 bridgehead atoms. The van der Waals surface area contributed by atoms with Gasteiger partial charge in [-0.05, 0) is 13.0 Å². The number of β-amino-alcohol motifs (C(OH)–C–C–N with tert-alkyl or cyclic N) is 2. The largest absolute Gasteiger partial charge is 0.395 e. The van der Waals surface area contributed by atoms with Crippen LogP contribution in [0.15, 0.2) is 0 Å². The van der Waals surface area contributed by atoms with E-state index in [1.807, 2.05) is 0 Å². The third-order valence-electron chi connectivity index (χ3n) is 15.2. The highest BCUT2D eigenvalue weighted by Gasteiger charge is 2.44. The Balaban J connectivity index is 0.000000479. The first-order valence-corrected chi connectivity index (χ1v) is 26.8. The molecule has 7 saturated heterocycles. The SMILES string of the molecule is CC1[C@@H](CO)NC(CO)[C@@H](O)[C@H]1O.OCC1NCC(O)[C@H](O)[C@@H]1O.OCC1NCC(O)[C@H](O)[C@H]1O.OCC1NCC[C@H](O)[C@H]1O.OCC1N[C@H](CO)C(O)C(O)[C@@H]1O.OCC1N[C@H](CO)C(O)C(O)[C@H]1O.OC[C@H]1N[C@H](CO)[C@H](O)C1O. The van der Waals surface area contributed by atoms with Crippen LogP contribution in [0.1, 0.15) is 13.3 Å². The molecule has 36 N–H and O–H groups in total. The lowest BCUT2D eigenvalue weighted by Gasteiger charge is -2.41. The fourth-order valence-corrected chi connectivity index (χ4v) is 9.36. The lowest BCUT2D eigenvalue weighted by molar-refractivity contribution is -0.125. The summed E-state index contributed by atoms with van der Waals surface area (Å²) in [5.41, 5.74) is 0. The van der Waals surface area contributed by atoms with Gasteiger partial charge < -0.3 is 185 Å². The van der Waals surface area contributed by atoms with Crippen molar-refractivity contribution in [3.63, 3.8) is 0 Å². The standard InChI is InChI=1S/C8H17NO4.2C7H15NO5.3C6H13NO4.C6H13NO3/c1-4-5(2-10)9-6(3-11)8(13)7(4)12;2*9-1-3-5(11)7(13)6(12)4(2-10)8-3;2*8-2-3-5(10)6(11)4(9)1-7-3;8-1-3-5(10)6(11)4(2-9)7-3;8-3-4-6(10)5(9)1-2-7-4/h4-13H,2-3H2,1H3;2*3-13H,1-2H2;3*3-11H,1-2H2;4-10H,1-3H2/t4?,5-,6?,7+,8-;3-,4?,5?,6+,7?;3-,4?,5?,6-,7?;3?,4?,5-,6+;3?,4?,5-,6-;3-,4-,5+,6?;4?,5-,6-/m1111010/s1. The van der Waals surface area contributed by atoms with Crippen molar-refractivity contribution in [2.24, 2.45) is 5.92 Å². The van der Waals surface area contributed by atoms with Gasteiger partial charge in [0.2, 0.25) is 0 Å². The topological polar surface area (TPSA) is 671 Å². The molecule has 36 heteroatoms.